The standard InChI is InChI=1S/C18H13ClN2O4/c1-25-15-6-3-11(19)8-10(15)2-7-16(22)20-12-4-5-13-14(9-12)18(24)21-17(13)23/h2-9H,1H3,(H,20,22)(H,21,23,24)/b7-2+. The summed E-state index contributed by atoms with van der Waals surface area (Å²) in [6.45, 7) is 0. The molecule has 7 heteroatoms. The van der Waals surface area contributed by atoms with E-state index in [-0.39, 0.29) is 5.56 Å². The van der Waals surface area contributed by atoms with Gasteiger partial charge in [-0.15, -0.1) is 0 Å². The topological polar surface area (TPSA) is 84.5 Å². The molecule has 2 aromatic carbocycles. The fourth-order valence-corrected chi connectivity index (χ4v) is 2.61. The molecule has 0 atom stereocenters. The van der Waals surface area contributed by atoms with E-state index in [2.05, 4.69) is 10.6 Å². The van der Waals surface area contributed by atoms with E-state index in [0.717, 1.165) is 0 Å². The summed E-state index contributed by atoms with van der Waals surface area (Å²) in [7, 11) is 1.53. The van der Waals surface area contributed by atoms with Crippen molar-refractivity contribution in [3.8, 4) is 5.75 Å². The summed E-state index contributed by atoms with van der Waals surface area (Å²) in [5.41, 5.74) is 1.60. The second-order valence-electron chi connectivity index (χ2n) is 5.25. The van der Waals surface area contributed by atoms with E-state index in [0.29, 0.717) is 27.6 Å². The van der Waals surface area contributed by atoms with E-state index >= 15 is 0 Å². The summed E-state index contributed by atoms with van der Waals surface area (Å²) in [6, 6.07) is 9.58. The maximum absolute atomic E-state index is 12.1. The number of anilines is 1. The smallest absolute Gasteiger partial charge is 0.259 e. The number of hydrogen-bond acceptors (Lipinski definition) is 4. The molecule has 2 N–H and O–H groups in total. The van der Waals surface area contributed by atoms with Crippen LogP contribution in [-0.4, -0.2) is 24.8 Å². The molecule has 0 unspecified atom stereocenters. The van der Waals surface area contributed by atoms with Gasteiger partial charge in [-0.3, -0.25) is 19.7 Å². The third-order valence-corrected chi connectivity index (χ3v) is 3.84. The lowest BCUT2D eigenvalue weighted by Gasteiger charge is -2.06. The summed E-state index contributed by atoms with van der Waals surface area (Å²) in [6.07, 6.45) is 2.90. The molecule has 6 nitrogen and oxygen atoms in total. The Morgan fingerprint density at radius 1 is 1.12 bits per heavy atom. The van der Waals surface area contributed by atoms with Gasteiger partial charge < -0.3 is 10.1 Å². The van der Waals surface area contributed by atoms with E-state index in [9.17, 15) is 14.4 Å². The van der Waals surface area contributed by atoms with Gasteiger partial charge in [-0.1, -0.05) is 11.6 Å². The zero-order valence-electron chi connectivity index (χ0n) is 13.1. The molecule has 1 heterocycles. The first-order chi connectivity index (χ1) is 12.0. The highest BCUT2D eigenvalue weighted by Crippen LogP contribution is 2.24. The summed E-state index contributed by atoms with van der Waals surface area (Å²) in [4.78, 5) is 35.2. The van der Waals surface area contributed by atoms with E-state index in [1.54, 1.807) is 30.3 Å². The number of rotatable bonds is 4. The Bertz CT molecular complexity index is 921. The lowest BCUT2D eigenvalue weighted by atomic mass is 10.1. The van der Waals surface area contributed by atoms with Crippen molar-refractivity contribution in [1.82, 2.24) is 5.32 Å². The van der Waals surface area contributed by atoms with Crippen LogP contribution in [0, 0.1) is 0 Å². The maximum Gasteiger partial charge on any atom is 0.259 e. The summed E-state index contributed by atoms with van der Waals surface area (Å²) in [5.74, 6) is -0.728. The van der Waals surface area contributed by atoms with Gasteiger partial charge in [-0.05, 0) is 42.5 Å². The molecule has 25 heavy (non-hydrogen) atoms. The van der Waals surface area contributed by atoms with Crippen LogP contribution in [0.25, 0.3) is 6.08 Å². The molecular formula is C18H13ClN2O4. The van der Waals surface area contributed by atoms with Gasteiger partial charge in [0.05, 0.1) is 18.2 Å². The van der Waals surface area contributed by atoms with Crippen LogP contribution < -0.4 is 15.4 Å². The second kappa shape index (κ2) is 6.78. The number of carbonyl (C=O) groups is 3. The summed E-state index contributed by atoms with van der Waals surface area (Å²) in [5, 5.41) is 5.36. The zero-order valence-corrected chi connectivity index (χ0v) is 13.9. The monoisotopic (exact) mass is 356 g/mol. The number of amides is 3. The number of ether oxygens (including phenoxy) is 1. The molecule has 0 saturated carbocycles. The van der Waals surface area contributed by atoms with E-state index < -0.39 is 17.7 Å². The van der Waals surface area contributed by atoms with Gasteiger partial charge in [0.15, 0.2) is 0 Å². The fourth-order valence-electron chi connectivity index (χ4n) is 2.43. The maximum atomic E-state index is 12.1. The third-order valence-electron chi connectivity index (χ3n) is 3.61. The number of imide groups is 1. The minimum Gasteiger partial charge on any atom is -0.496 e. The second-order valence-corrected chi connectivity index (χ2v) is 5.69. The molecule has 3 rings (SSSR count). The first-order valence-electron chi connectivity index (χ1n) is 7.30. The number of fused-ring (bicyclic) bond motifs is 1. The number of nitrogens with one attached hydrogen (secondary N) is 2. The Labute approximate surface area is 148 Å². The van der Waals surface area contributed by atoms with Crippen LogP contribution in [0.5, 0.6) is 5.75 Å². The minimum absolute atomic E-state index is 0.239. The lowest BCUT2D eigenvalue weighted by molar-refractivity contribution is -0.111. The molecule has 0 bridgehead atoms. The van der Waals surface area contributed by atoms with Crippen molar-refractivity contribution in [1.29, 1.82) is 0 Å². The van der Waals surface area contributed by atoms with Crippen LogP contribution in [-0.2, 0) is 4.79 Å². The highest BCUT2D eigenvalue weighted by atomic mass is 35.5. The largest absolute Gasteiger partial charge is 0.496 e. The Kier molecular flexibility index (Phi) is 4.54. The average molecular weight is 357 g/mol. The van der Waals surface area contributed by atoms with Crippen molar-refractivity contribution in [2.24, 2.45) is 0 Å². The number of carbonyl (C=O) groups excluding carboxylic acids is 3. The van der Waals surface area contributed by atoms with Gasteiger partial charge in [-0.25, -0.2) is 0 Å². The van der Waals surface area contributed by atoms with Crippen LogP contribution in [0.1, 0.15) is 26.3 Å². The molecular weight excluding hydrogens is 344 g/mol. The van der Waals surface area contributed by atoms with Gasteiger partial charge in [0.1, 0.15) is 5.75 Å². The average Bonchev–Trinajstić information content (AvgIpc) is 2.87. The number of methoxy groups -OCH3 is 1. The Balaban J connectivity index is 1.76. The molecule has 126 valence electrons. The third kappa shape index (κ3) is 3.54. The predicted octanol–water partition coefficient (Wildman–Crippen LogP) is 2.88. The highest BCUT2D eigenvalue weighted by Gasteiger charge is 2.26. The molecule has 0 fully saturated rings. The van der Waals surface area contributed by atoms with Gasteiger partial charge in [0, 0.05) is 22.3 Å². The van der Waals surface area contributed by atoms with Crippen LogP contribution in [0.2, 0.25) is 5.02 Å². The molecule has 2 aromatic rings. The first kappa shape index (κ1) is 16.7. The van der Waals surface area contributed by atoms with Gasteiger partial charge in [0.2, 0.25) is 5.91 Å². The zero-order chi connectivity index (χ0) is 18.0. The quantitative estimate of drug-likeness (QED) is 0.651. The van der Waals surface area contributed by atoms with Crippen molar-refractivity contribution in [3.63, 3.8) is 0 Å². The Morgan fingerprint density at radius 3 is 2.64 bits per heavy atom. The molecule has 3 amide bonds. The number of benzene rings is 2. The summed E-state index contributed by atoms with van der Waals surface area (Å²) >= 11 is 5.94. The van der Waals surface area contributed by atoms with Crippen LogP contribution in [0.4, 0.5) is 5.69 Å². The Hall–Kier alpha value is -3.12. The van der Waals surface area contributed by atoms with Crippen molar-refractivity contribution >= 4 is 41.1 Å². The molecule has 0 aliphatic carbocycles. The molecule has 0 spiro atoms. The first-order valence-corrected chi connectivity index (χ1v) is 7.68. The van der Waals surface area contributed by atoms with E-state index in [1.165, 1.54) is 25.3 Å². The predicted molar refractivity (Wildman–Crippen MR) is 93.9 cm³/mol. The van der Waals surface area contributed by atoms with E-state index in [4.69, 9.17) is 16.3 Å². The normalized spacial score (nSPS) is 12.9. The van der Waals surface area contributed by atoms with Crippen molar-refractivity contribution in [2.45, 2.75) is 0 Å². The van der Waals surface area contributed by atoms with Crippen LogP contribution >= 0.6 is 11.6 Å². The number of hydrogen-bond donors (Lipinski definition) is 2. The lowest BCUT2D eigenvalue weighted by Crippen LogP contribution is -2.19. The van der Waals surface area contributed by atoms with Crippen LogP contribution in [0.3, 0.4) is 0 Å². The van der Waals surface area contributed by atoms with E-state index in [1.807, 2.05) is 0 Å². The molecule has 0 saturated heterocycles. The Morgan fingerprint density at radius 2 is 1.88 bits per heavy atom. The molecule has 0 radical (unpaired) electrons. The van der Waals surface area contributed by atoms with Gasteiger partial charge in [-0.2, -0.15) is 0 Å². The van der Waals surface area contributed by atoms with Crippen molar-refractivity contribution in [2.75, 3.05) is 12.4 Å². The number of halogens is 1. The minimum atomic E-state index is -0.477. The van der Waals surface area contributed by atoms with Crippen LogP contribution in [0.15, 0.2) is 42.5 Å². The van der Waals surface area contributed by atoms with Gasteiger partial charge >= 0.3 is 0 Å². The highest BCUT2D eigenvalue weighted by molar-refractivity contribution is 6.30. The SMILES string of the molecule is COc1ccc(Cl)cc1/C=C/C(=O)Nc1ccc2c(c1)C(=O)NC2=O. The molecule has 1 aliphatic heterocycles. The summed E-state index contributed by atoms with van der Waals surface area (Å²) < 4.78 is 5.21. The van der Waals surface area contributed by atoms with Crippen molar-refractivity contribution in [3.05, 3.63) is 64.2 Å². The molecule has 0 aromatic heterocycles. The van der Waals surface area contributed by atoms with Crippen molar-refractivity contribution < 1.29 is 19.1 Å². The molecule has 1 aliphatic rings. The van der Waals surface area contributed by atoms with Gasteiger partial charge in [0.25, 0.3) is 11.8 Å². The fraction of sp³-hybridized carbons (Fsp3) is 0.0556.